The normalized spacial score (nSPS) is 17.4. The monoisotopic (exact) mass is 422 g/mol. The molecule has 2 aromatic heterocycles. The number of carbonyl (C=O) groups excluding carboxylic acids is 1. The average Bonchev–Trinajstić information content (AvgIpc) is 2.94. The molecular weight excluding hydrogens is 399 g/mol. The third-order valence-corrected chi connectivity index (χ3v) is 5.68. The lowest BCUT2D eigenvalue weighted by molar-refractivity contribution is 0.0273. The fraction of sp³-hybridized carbons (Fsp3) is 0.500. The van der Waals surface area contributed by atoms with Crippen molar-refractivity contribution in [2.24, 2.45) is 5.73 Å². The molecule has 0 saturated carbocycles. The minimum atomic E-state index is -0.635. The Morgan fingerprint density at radius 3 is 2.86 bits per heavy atom. The van der Waals surface area contributed by atoms with Crippen LogP contribution in [0.15, 0.2) is 6.07 Å². The van der Waals surface area contributed by atoms with Gasteiger partial charge in [0, 0.05) is 26.1 Å². The SMILES string of the molecule is COC(C)(C)CC#Cc1c(Cl)c2c(Cl)cc(C(N)=O)nc2n1[C@H]1CCCNC1. The second-order valence-electron chi connectivity index (χ2n) is 7.53. The van der Waals surface area contributed by atoms with Crippen molar-refractivity contribution in [2.45, 2.75) is 44.8 Å². The highest BCUT2D eigenvalue weighted by Crippen LogP contribution is 2.38. The van der Waals surface area contributed by atoms with Crippen LogP contribution in [-0.4, -0.2) is 41.3 Å². The number of halogens is 2. The number of nitrogens with two attached hydrogens (primary N) is 1. The Labute approximate surface area is 174 Å². The van der Waals surface area contributed by atoms with Crippen molar-refractivity contribution in [3.8, 4) is 11.8 Å². The molecule has 0 unspecified atom stereocenters. The number of methoxy groups -OCH3 is 1. The molecule has 1 aliphatic rings. The van der Waals surface area contributed by atoms with E-state index < -0.39 is 5.91 Å². The zero-order valence-corrected chi connectivity index (χ0v) is 17.7. The summed E-state index contributed by atoms with van der Waals surface area (Å²) in [5, 5.41) is 4.76. The van der Waals surface area contributed by atoms with Crippen LogP contribution in [0.5, 0.6) is 0 Å². The van der Waals surface area contributed by atoms with Gasteiger partial charge in [-0.1, -0.05) is 29.1 Å². The lowest BCUT2D eigenvalue weighted by Crippen LogP contribution is -2.32. The van der Waals surface area contributed by atoms with Crippen LogP contribution in [0.3, 0.4) is 0 Å². The molecule has 1 amide bonds. The molecule has 3 rings (SSSR count). The Balaban J connectivity index is 2.21. The Hall–Kier alpha value is -1.78. The van der Waals surface area contributed by atoms with Gasteiger partial charge in [-0.2, -0.15) is 0 Å². The largest absolute Gasteiger partial charge is 0.378 e. The third-order valence-electron chi connectivity index (χ3n) is 5.01. The summed E-state index contributed by atoms with van der Waals surface area (Å²) in [6, 6.07) is 1.56. The van der Waals surface area contributed by atoms with E-state index in [1.165, 1.54) is 6.07 Å². The van der Waals surface area contributed by atoms with Crippen LogP contribution in [0.25, 0.3) is 11.0 Å². The molecule has 0 aromatic carbocycles. The molecule has 2 aromatic rings. The summed E-state index contributed by atoms with van der Waals surface area (Å²) in [5.74, 6) is 5.73. The van der Waals surface area contributed by atoms with E-state index in [0.29, 0.717) is 33.2 Å². The minimum Gasteiger partial charge on any atom is -0.378 e. The molecule has 1 saturated heterocycles. The standard InChI is InChI=1S/C20H24Cl2N4O2/c1-20(2,28-3)8-4-7-15-17(22)16-13(21)10-14(18(23)27)25-19(16)26(15)12-6-5-9-24-11-12/h10,12,24H,5-6,8-9,11H2,1-3H3,(H2,23,27)/t12-/m0/s1. The maximum Gasteiger partial charge on any atom is 0.267 e. The molecule has 1 fully saturated rings. The molecule has 0 bridgehead atoms. The predicted molar refractivity (Wildman–Crippen MR) is 112 cm³/mol. The van der Waals surface area contributed by atoms with Crippen LogP contribution in [0.1, 0.15) is 55.3 Å². The highest BCUT2D eigenvalue weighted by molar-refractivity contribution is 6.43. The van der Waals surface area contributed by atoms with Gasteiger partial charge >= 0.3 is 0 Å². The van der Waals surface area contributed by atoms with Gasteiger partial charge in [-0.3, -0.25) is 4.79 Å². The summed E-state index contributed by atoms with van der Waals surface area (Å²) in [6.45, 7) is 5.68. The lowest BCUT2D eigenvalue weighted by atomic mass is 10.1. The fourth-order valence-electron chi connectivity index (χ4n) is 3.27. The molecule has 150 valence electrons. The number of carbonyl (C=O) groups is 1. The van der Waals surface area contributed by atoms with Gasteiger partial charge in [-0.05, 0) is 45.2 Å². The quantitative estimate of drug-likeness (QED) is 0.738. The number of primary amides is 1. The maximum absolute atomic E-state index is 11.7. The molecule has 1 atom stereocenters. The summed E-state index contributed by atoms with van der Waals surface area (Å²) in [4.78, 5) is 16.2. The van der Waals surface area contributed by atoms with Crippen LogP contribution in [0.4, 0.5) is 0 Å². The van der Waals surface area contributed by atoms with Crippen molar-refractivity contribution >= 4 is 40.1 Å². The molecule has 0 radical (unpaired) electrons. The number of aromatic nitrogens is 2. The van der Waals surface area contributed by atoms with Crippen molar-refractivity contribution in [3.63, 3.8) is 0 Å². The number of fused-ring (bicyclic) bond motifs is 1. The molecule has 6 nitrogen and oxygen atoms in total. The van der Waals surface area contributed by atoms with Crippen LogP contribution in [0, 0.1) is 11.8 Å². The second kappa shape index (κ2) is 8.30. The van der Waals surface area contributed by atoms with Gasteiger partial charge in [0.1, 0.15) is 17.0 Å². The molecule has 0 aliphatic carbocycles. The van der Waals surface area contributed by atoms with E-state index in [9.17, 15) is 4.79 Å². The number of pyridine rings is 1. The van der Waals surface area contributed by atoms with Crippen molar-refractivity contribution in [1.82, 2.24) is 14.9 Å². The topological polar surface area (TPSA) is 82.2 Å². The Morgan fingerprint density at radius 2 is 2.25 bits per heavy atom. The second-order valence-corrected chi connectivity index (χ2v) is 8.31. The van der Waals surface area contributed by atoms with Gasteiger partial charge < -0.3 is 20.4 Å². The number of hydrogen-bond acceptors (Lipinski definition) is 4. The van der Waals surface area contributed by atoms with Crippen molar-refractivity contribution < 1.29 is 9.53 Å². The maximum atomic E-state index is 11.7. The summed E-state index contributed by atoms with van der Waals surface area (Å²) in [6.07, 6.45) is 2.51. The number of hydrogen-bond donors (Lipinski definition) is 2. The summed E-state index contributed by atoms with van der Waals surface area (Å²) >= 11 is 13.1. The zero-order valence-electron chi connectivity index (χ0n) is 16.2. The van der Waals surface area contributed by atoms with Crippen LogP contribution >= 0.6 is 23.2 Å². The van der Waals surface area contributed by atoms with E-state index >= 15 is 0 Å². The van der Waals surface area contributed by atoms with Crippen molar-refractivity contribution in [3.05, 3.63) is 27.5 Å². The molecular formula is C20H24Cl2N4O2. The van der Waals surface area contributed by atoms with Crippen molar-refractivity contribution in [2.75, 3.05) is 20.2 Å². The molecule has 3 heterocycles. The predicted octanol–water partition coefficient (Wildman–Crippen LogP) is 3.53. The van der Waals surface area contributed by atoms with Crippen LogP contribution in [-0.2, 0) is 4.74 Å². The van der Waals surface area contributed by atoms with Gasteiger partial charge in [-0.15, -0.1) is 0 Å². The van der Waals surface area contributed by atoms with Crippen molar-refractivity contribution in [1.29, 1.82) is 0 Å². The molecule has 3 N–H and O–H groups in total. The third kappa shape index (κ3) is 4.13. The highest BCUT2D eigenvalue weighted by atomic mass is 35.5. The van der Waals surface area contributed by atoms with E-state index in [0.717, 1.165) is 25.9 Å². The van der Waals surface area contributed by atoms with E-state index in [-0.39, 0.29) is 17.3 Å². The number of rotatable bonds is 4. The lowest BCUT2D eigenvalue weighted by Gasteiger charge is -2.26. The number of piperidine rings is 1. The van der Waals surface area contributed by atoms with E-state index in [4.69, 9.17) is 33.7 Å². The first kappa shape index (κ1) is 20.9. The first-order chi connectivity index (χ1) is 13.2. The molecule has 8 heteroatoms. The number of amides is 1. The first-order valence-corrected chi connectivity index (χ1v) is 9.95. The minimum absolute atomic E-state index is 0.107. The first-order valence-electron chi connectivity index (χ1n) is 9.19. The Morgan fingerprint density at radius 1 is 1.50 bits per heavy atom. The molecule has 28 heavy (non-hydrogen) atoms. The van der Waals surface area contributed by atoms with E-state index in [1.807, 2.05) is 18.4 Å². The Bertz CT molecular complexity index is 966. The smallest absolute Gasteiger partial charge is 0.267 e. The number of nitrogens with zero attached hydrogens (tertiary/aromatic N) is 2. The Kier molecular flexibility index (Phi) is 6.21. The van der Waals surface area contributed by atoms with E-state index in [2.05, 4.69) is 22.1 Å². The highest BCUT2D eigenvalue weighted by Gasteiger charge is 2.26. The zero-order chi connectivity index (χ0) is 20.5. The fourth-order valence-corrected chi connectivity index (χ4v) is 3.93. The molecule has 0 spiro atoms. The van der Waals surface area contributed by atoms with Gasteiger partial charge in [0.2, 0.25) is 0 Å². The number of ether oxygens (including phenoxy) is 1. The van der Waals surface area contributed by atoms with E-state index in [1.54, 1.807) is 7.11 Å². The summed E-state index contributed by atoms with van der Waals surface area (Å²) in [5.41, 5.74) is 6.36. The number of nitrogens with one attached hydrogen (secondary N) is 1. The van der Waals surface area contributed by atoms with Gasteiger partial charge in [-0.25, -0.2) is 4.98 Å². The average molecular weight is 423 g/mol. The van der Waals surface area contributed by atoms with Crippen LogP contribution < -0.4 is 11.1 Å². The van der Waals surface area contributed by atoms with Gasteiger partial charge in [0.25, 0.3) is 5.91 Å². The summed E-state index contributed by atoms with van der Waals surface area (Å²) < 4.78 is 7.43. The van der Waals surface area contributed by atoms with Gasteiger partial charge in [0.05, 0.1) is 21.0 Å². The summed E-state index contributed by atoms with van der Waals surface area (Å²) in [7, 11) is 1.66. The molecule has 1 aliphatic heterocycles. The van der Waals surface area contributed by atoms with Crippen LogP contribution in [0.2, 0.25) is 10.0 Å². The van der Waals surface area contributed by atoms with Gasteiger partial charge in [0.15, 0.2) is 0 Å².